The highest BCUT2D eigenvalue weighted by molar-refractivity contribution is 6.42. The van der Waals surface area contributed by atoms with Gasteiger partial charge >= 0.3 is 0 Å². The van der Waals surface area contributed by atoms with Crippen molar-refractivity contribution >= 4 is 29.1 Å². The summed E-state index contributed by atoms with van der Waals surface area (Å²) in [4.78, 5) is 17.7. The van der Waals surface area contributed by atoms with Crippen LogP contribution in [0.4, 0.5) is 0 Å². The summed E-state index contributed by atoms with van der Waals surface area (Å²) in [5.41, 5.74) is 0.930. The van der Waals surface area contributed by atoms with E-state index in [1.165, 1.54) is 45.2 Å². The number of nitrogens with zero attached hydrogens (tertiary/aromatic N) is 2. The minimum absolute atomic E-state index is 0.175. The molecular weight excluding hydrogens is 355 g/mol. The Morgan fingerprint density at radius 3 is 2.48 bits per heavy atom. The van der Waals surface area contributed by atoms with Gasteiger partial charge in [-0.1, -0.05) is 42.1 Å². The zero-order valence-electron chi connectivity index (χ0n) is 15.2. The molecule has 2 aliphatic rings. The molecule has 1 aliphatic heterocycles. The SMILES string of the molecule is CC(C(=O)N(C)C1CCCCC1N1CCCC1)c1ccc(Cl)c(Cl)c1. The first-order chi connectivity index (χ1) is 12.0. The molecule has 0 radical (unpaired) electrons. The minimum atomic E-state index is -0.207. The van der Waals surface area contributed by atoms with Gasteiger partial charge in [-0.15, -0.1) is 0 Å². The van der Waals surface area contributed by atoms with Crippen LogP contribution in [0.5, 0.6) is 0 Å². The van der Waals surface area contributed by atoms with Crippen molar-refractivity contribution in [3.63, 3.8) is 0 Å². The maximum atomic E-state index is 13.1. The van der Waals surface area contributed by atoms with E-state index in [0.717, 1.165) is 12.0 Å². The molecule has 1 aromatic rings. The molecule has 25 heavy (non-hydrogen) atoms. The fourth-order valence-corrected chi connectivity index (χ4v) is 4.74. The molecule has 1 aliphatic carbocycles. The smallest absolute Gasteiger partial charge is 0.229 e. The molecule has 0 bridgehead atoms. The van der Waals surface area contributed by atoms with Crippen molar-refractivity contribution in [2.45, 2.75) is 63.5 Å². The van der Waals surface area contributed by atoms with E-state index in [-0.39, 0.29) is 11.8 Å². The first-order valence-electron chi connectivity index (χ1n) is 9.44. The first-order valence-corrected chi connectivity index (χ1v) is 10.2. The summed E-state index contributed by atoms with van der Waals surface area (Å²) in [6, 6.07) is 6.34. The topological polar surface area (TPSA) is 23.6 Å². The highest BCUT2D eigenvalue weighted by Crippen LogP contribution is 2.32. The van der Waals surface area contributed by atoms with Crippen molar-refractivity contribution in [1.29, 1.82) is 0 Å². The van der Waals surface area contributed by atoms with Crippen molar-refractivity contribution in [3.8, 4) is 0 Å². The van der Waals surface area contributed by atoms with Gasteiger partial charge in [0.2, 0.25) is 5.91 Å². The second kappa shape index (κ2) is 8.28. The molecule has 3 nitrogen and oxygen atoms in total. The normalized spacial score (nSPS) is 25.8. The monoisotopic (exact) mass is 382 g/mol. The number of carbonyl (C=O) groups is 1. The van der Waals surface area contributed by atoms with Crippen LogP contribution in [0.2, 0.25) is 10.0 Å². The molecular formula is C20H28Cl2N2O. The quantitative estimate of drug-likeness (QED) is 0.734. The molecule has 0 spiro atoms. The average molecular weight is 383 g/mol. The highest BCUT2D eigenvalue weighted by atomic mass is 35.5. The van der Waals surface area contributed by atoms with Crippen LogP contribution in [0, 0.1) is 0 Å². The zero-order chi connectivity index (χ0) is 18.0. The number of rotatable bonds is 4. The van der Waals surface area contributed by atoms with Crippen LogP contribution in [0.25, 0.3) is 0 Å². The molecule has 3 rings (SSSR count). The zero-order valence-corrected chi connectivity index (χ0v) is 16.7. The van der Waals surface area contributed by atoms with Gasteiger partial charge in [-0.05, 0) is 63.4 Å². The molecule has 3 unspecified atom stereocenters. The fourth-order valence-electron chi connectivity index (χ4n) is 4.44. The van der Waals surface area contributed by atoms with Gasteiger partial charge in [0, 0.05) is 19.1 Å². The third-order valence-electron chi connectivity index (χ3n) is 5.96. The molecule has 1 heterocycles. The third-order valence-corrected chi connectivity index (χ3v) is 6.70. The number of likely N-dealkylation sites (N-methyl/N-ethyl adjacent to an activating group) is 1. The van der Waals surface area contributed by atoms with Gasteiger partial charge in [0.25, 0.3) is 0 Å². The molecule has 1 saturated heterocycles. The summed E-state index contributed by atoms with van der Waals surface area (Å²) < 4.78 is 0. The van der Waals surface area contributed by atoms with E-state index >= 15 is 0 Å². The van der Waals surface area contributed by atoms with Gasteiger partial charge < -0.3 is 4.90 Å². The lowest BCUT2D eigenvalue weighted by atomic mass is 9.87. The predicted octanol–water partition coefficient (Wildman–Crippen LogP) is 4.96. The lowest BCUT2D eigenvalue weighted by molar-refractivity contribution is -0.135. The van der Waals surface area contributed by atoms with Crippen LogP contribution in [0.1, 0.15) is 56.9 Å². The second-order valence-electron chi connectivity index (χ2n) is 7.51. The summed E-state index contributed by atoms with van der Waals surface area (Å²) in [6.45, 7) is 4.34. The predicted molar refractivity (Wildman–Crippen MR) is 104 cm³/mol. The average Bonchev–Trinajstić information content (AvgIpc) is 3.16. The Balaban J connectivity index is 1.74. The maximum Gasteiger partial charge on any atom is 0.229 e. The van der Waals surface area contributed by atoms with E-state index in [2.05, 4.69) is 4.90 Å². The van der Waals surface area contributed by atoms with Gasteiger partial charge in [0.05, 0.1) is 16.0 Å². The Kier molecular flexibility index (Phi) is 6.30. The lowest BCUT2D eigenvalue weighted by Gasteiger charge is -2.43. The van der Waals surface area contributed by atoms with Crippen molar-refractivity contribution in [1.82, 2.24) is 9.80 Å². The van der Waals surface area contributed by atoms with Gasteiger partial charge in [-0.3, -0.25) is 9.69 Å². The Labute approximate surface area is 161 Å². The van der Waals surface area contributed by atoms with E-state index in [4.69, 9.17) is 23.2 Å². The molecule has 3 atom stereocenters. The number of hydrogen-bond acceptors (Lipinski definition) is 2. The summed E-state index contributed by atoms with van der Waals surface area (Å²) in [7, 11) is 1.98. The lowest BCUT2D eigenvalue weighted by Crippen LogP contribution is -2.53. The summed E-state index contributed by atoms with van der Waals surface area (Å²) >= 11 is 12.1. The van der Waals surface area contributed by atoms with Crippen LogP contribution < -0.4 is 0 Å². The standard InChI is InChI=1S/C20H28Cl2N2O/c1-14(15-9-10-16(21)17(22)13-15)20(25)23(2)18-7-3-4-8-19(18)24-11-5-6-12-24/h9-10,13-14,18-19H,3-8,11-12H2,1-2H3. The van der Waals surface area contributed by atoms with Crippen molar-refractivity contribution in [2.24, 2.45) is 0 Å². The Hall–Kier alpha value is -0.770. The number of likely N-dealkylation sites (tertiary alicyclic amines) is 1. The van der Waals surface area contributed by atoms with Crippen molar-refractivity contribution in [2.75, 3.05) is 20.1 Å². The third kappa shape index (κ3) is 4.15. The van der Waals surface area contributed by atoms with Crippen molar-refractivity contribution < 1.29 is 4.79 Å². The number of amides is 1. The van der Waals surface area contributed by atoms with Crippen LogP contribution >= 0.6 is 23.2 Å². The maximum absolute atomic E-state index is 13.1. The molecule has 1 saturated carbocycles. The number of halogens is 2. The number of benzene rings is 1. The highest BCUT2D eigenvalue weighted by Gasteiger charge is 2.36. The minimum Gasteiger partial charge on any atom is -0.341 e. The summed E-state index contributed by atoms with van der Waals surface area (Å²) in [5.74, 6) is -0.0320. The number of carbonyl (C=O) groups excluding carboxylic acids is 1. The van der Waals surface area contributed by atoms with Gasteiger partial charge in [-0.2, -0.15) is 0 Å². The number of hydrogen-bond donors (Lipinski definition) is 0. The summed E-state index contributed by atoms with van der Waals surface area (Å²) in [5, 5.41) is 1.04. The van der Waals surface area contributed by atoms with Crippen LogP contribution in [-0.4, -0.2) is 47.9 Å². The first kappa shape index (κ1) is 19.0. The van der Waals surface area contributed by atoms with Crippen LogP contribution in [0.15, 0.2) is 18.2 Å². The molecule has 5 heteroatoms. The van der Waals surface area contributed by atoms with E-state index in [1.807, 2.05) is 31.0 Å². The van der Waals surface area contributed by atoms with E-state index < -0.39 is 0 Å². The Morgan fingerprint density at radius 2 is 1.80 bits per heavy atom. The van der Waals surface area contributed by atoms with E-state index in [0.29, 0.717) is 22.1 Å². The molecule has 138 valence electrons. The van der Waals surface area contributed by atoms with E-state index in [1.54, 1.807) is 6.07 Å². The largest absolute Gasteiger partial charge is 0.341 e. The van der Waals surface area contributed by atoms with Gasteiger partial charge in [0.15, 0.2) is 0 Å². The van der Waals surface area contributed by atoms with Crippen molar-refractivity contribution in [3.05, 3.63) is 33.8 Å². The molecule has 1 aromatic carbocycles. The van der Waals surface area contributed by atoms with E-state index in [9.17, 15) is 4.79 Å². The fraction of sp³-hybridized carbons (Fsp3) is 0.650. The summed E-state index contributed by atoms with van der Waals surface area (Å²) in [6.07, 6.45) is 7.40. The second-order valence-corrected chi connectivity index (χ2v) is 8.32. The molecule has 2 fully saturated rings. The Morgan fingerprint density at radius 1 is 1.12 bits per heavy atom. The molecule has 1 amide bonds. The molecule has 0 aromatic heterocycles. The van der Waals surface area contributed by atoms with Crippen LogP contribution in [-0.2, 0) is 4.79 Å². The van der Waals surface area contributed by atoms with Gasteiger partial charge in [-0.25, -0.2) is 0 Å². The molecule has 0 N–H and O–H groups in total. The Bertz CT molecular complexity index is 616. The van der Waals surface area contributed by atoms with Gasteiger partial charge in [0.1, 0.15) is 0 Å². The van der Waals surface area contributed by atoms with Crippen LogP contribution in [0.3, 0.4) is 0 Å².